The van der Waals surface area contributed by atoms with Gasteiger partial charge in [0.15, 0.2) is 0 Å². The number of amides is 1. The van der Waals surface area contributed by atoms with Crippen LogP contribution in [0.4, 0.5) is 0 Å². The zero-order valence-corrected chi connectivity index (χ0v) is 10.1. The van der Waals surface area contributed by atoms with E-state index in [9.17, 15) is 4.79 Å². The van der Waals surface area contributed by atoms with Crippen molar-refractivity contribution in [1.29, 1.82) is 0 Å². The Bertz CT molecular complexity index is 568. The molecule has 0 saturated heterocycles. The van der Waals surface area contributed by atoms with E-state index in [4.69, 9.17) is 9.15 Å². The summed E-state index contributed by atoms with van der Waals surface area (Å²) >= 11 is 0. The average molecular weight is 256 g/mol. The lowest BCUT2D eigenvalue weighted by atomic mass is 10.3. The van der Waals surface area contributed by atoms with Crippen LogP contribution in [0.2, 0.25) is 0 Å². The summed E-state index contributed by atoms with van der Waals surface area (Å²) in [6.07, 6.45) is 6.11. The first-order valence-corrected chi connectivity index (χ1v) is 5.65. The van der Waals surface area contributed by atoms with Gasteiger partial charge in [0.05, 0.1) is 24.6 Å². The third-order valence-electron chi connectivity index (χ3n) is 2.19. The van der Waals surface area contributed by atoms with Crippen LogP contribution in [0.1, 0.15) is 10.4 Å². The minimum atomic E-state index is -0.212. The number of hydrogen-bond donors (Lipinski definition) is 1. The normalized spacial score (nSPS) is 9.26. The maximum atomic E-state index is 11.5. The van der Waals surface area contributed by atoms with E-state index in [1.54, 1.807) is 30.6 Å². The van der Waals surface area contributed by atoms with E-state index in [1.807, 2.05) is 0 Å². The van der Waals surface area contributed by atoms with Crippen molar-refractivity contribution in [3.63, 3.8) is 0 Å². The predicted molar refractivity (Wildman–Crippen MR) is 68.5 cm³/mol. The zero-order valence-electron chi connectivity index (χ0n) is 10.1. The number of rotatable bonds is 4. The second kappa shape index (κ2) is 6.87. The van der Waals surface area contributed by atoms with Crippen molar-refractivity contribution in [2.75, 3.05) is 13.2 Å². The Balaban J connectivity index is 1.67. The summed E-state index contributed by atoms with van der Waals surface area (Å²) in [6, 6.07) is 5.18. The minimum absolute atomic E-state index is 0.212. The monoisotopic (exact) mass is 256 g/mol. The zero-order chi connectivity index (χ0) is 13.3. The summed E-state index contributed by atoms with van der Waals surface area (Å²) in [6.45, 7) is 0.522. The molecule has 2 aromatic heterocycles. The Morgan fingerprint density at radius 1 is 1.42 bits per heavy atom. The number of ether oxygens (including phenoxy) is 1. The fourth-order valence-corrected chi connectivity index (χ4v) is 1.29. The Labute approximate surface area is 110 Å². The van der Waals surface area contributed by atoms with Gasteiger partial charge in [-0.05, 0) is 18.2 Å². The molecule has 0 atom stereocenters. The van der Waals surface area contributed by atoms with Crippen molar-refractivity contribution < 1.29 is 13.9 Å². The van der Waals surface area contributed by atoms with Crippen molar-refractivity contribution in [1.82, 2.24) is 10.3 Å². The molecule has 0 aliphatic carbocycles. The molecule has 2 rings (SSSR count). The lowest BCUT2D eigenvalue weighted by Crippen LogP contribution is -2.23. The third-order valence-corrected chi connectivity index (χ3v) is 2.19. The van der Waals surface area contributed by atoms with Gasteiger partial charge >= 0.3 is 0 Å². The highest BCUT2D eigenvalue weighted by Crippen LogP contribution is 2.04. The number of furan rings is 1. The summed E-state index contributed by atoms with van der Waals surface area (Å²) in [5, 5.41) is 2.64. The molecule has 0 saturated carbocycles. The molecule has 0 spiro atoms. The minimum Gasteiger partial charge on any atom is -0.479 e. The number of nitrogens with zero attached hydrogens (tertiary/aromatic N) is 1. The number of aromatic nitrogens is 1. The van der Waals surface area contributed by atoms with Crippen molar-refractivity contribution >= 4 is 5.91 Å². The van der Waals surface area contributed by atoms with Gasteiger partial charge in [0.2, 0.25) is 0 Å². The lowest BCUT2D eigenvalue weighted by molar-refractivity contribution is 0.0958. The van der Waals surface area contributed by atoms with E-state index in [0.29, 0.717) is 11.3 Å². The van der Waals surface area contributed by atoms with Crippen LogP contribution < -0.4 is 10.1 Å². The Kier molecular flexibility index (Phi) is 4.59. The highest BCUT2D eigenvalue weighted by molar-refractivity contribution is 5.93. The van der Waals surface area contributed by atoms with Gasteiger partial charge in [-0.3, -0.25) is 9.78 Å². The Morgan fingerprint density at radius 2 is 2.37 bits per heavy atom. The summed E-state index contributed by atoms with van der Waals surface area (Å²) in [7, 11) is 0. The number of carbonyl (C=O) groups excluding carboxylic acids is 1. The molecule has 0 aliphatic rings. The Morgan fingerprint density at radius 3 is 3.11 bits per heavy atom. The summed E-state index contributed by atoms with van der Waals surface area (Å²) in [4.78, 5) is 15.4. The molecule has 5 nitrogen and oxygen atoms in total. The van der Waals surface area contributed by atoms with E-state index < -0.39 is 0 Å². The number of carbonyl (C=O) groups is 1. The van der Waals surface area contributed by atoms with E-state index >= 15 is 0 Å². The second-order valence-electron chi connectivity index (χ2n) is 3.53. The first-order valence-electron chi connectivity index (χ1n) is 5.65. The summed E-state index contributed by atoms with van der Waals surface area (Å²) in [5.41, 5.74) is 0.480. The van der Waals surface area contributed by atoms with E-state index in [2.05, 4.69) is 22.1 Å². The molecule has 96 valence electrons. The van der Waals surface area contributed by atoms with Crippen molar-refractivity contribution in [2.24, 2.45) is 0 Å². The van der Waals surface area contributed by atoms with Gasteiger partial charge in [0.1, 0.15) is 18.6 Å². The molecule has 19 heavy (non-hydrogen) atoms. The number of hydrogen-bond acceptors (Lipinski definition) is 4. The van der Waals surface area contributed by atoms with E-state index in [1.165, 1.54) is 12.5 Å². The van der Waals surface area contributed by atoms with Crippen LogP contribution in [0.25, 0.3) is 0 Å². The van der Waals surface area contributed by atoms with Gasteiger partial charge in [-0.25, -0.2) is 0 Å². The number of pyridine rings is 1. The molecule has 0 fully saturated rings. The van der Waals surface area contributed by atoms with Gasteiger partial charge in [-0.15, -0.1) is 0 Å². The van der Waals surface area contributed by atoms with Crippen LogP contribution in [-0.2, 0) is 0 Å². The molecule has 5 heteroatoms. The van der Waals surface area contributed by atoms with E-state index in [-0.39, 0.29) is 19.1 Å². The molecule has 0 radical (unpaired) electrons. The average Bonchev–Trinajstić information content (AvgIpc) is 2.98. The molecule has 0 unspecified atom stereocenters. The molecule has 1 amide bonds. The molecule has 0 aliphatic heterocycles. The highest BCUT2D eigenvalue weighted by atomic mass is 16.5. The van der Waals surface area contributed by atoms with Gasteiger partial charge in [-0.1, -0.05) is 11.8 Å². The van der Waals surface area contributed by atoms with Crippen LogP contribution in [0.3, 0.4) is 0 Å². The topological polar surface area (TPSA) is 64.4 Å². The summed E-state index contributed by atoms with van der Waals surface area (Å²) in [5.74, 6) is 6.04. The van der Waals surface area contributed by atoms with Crippen LogP contribution in [0.5, 0.6) is 5.75 Å². The molecule has 1 N–H and O–H groups in total. The maximum absolute atomic E-state index is 11.5. The highest BCUT2D eigenvalue weighted by Gasteiger charge is 2.03. The van der Waals surface area contributed by atoms with Crippen molar-refractivity contribution in [2.45, 2.75) is 0 Å². The molecule has 0 bridgehead atoms. The summed E-state index contributed by atoms with van der Waals surface area (Å²) < 4.78 is 10.1. The first-order chi connectivity index (χ1) is 9.36. The van der Waals surface area contributed by atoms with Crippen LogP contribution in [0, 0.1) is 11.8 Å². The van der Waals surface area contributed by atoms with Crippen LogP contribution >= 0.6 is 0 Å². The number of nitrogens with one attached hydrogen (secondary N) is 1. The van der Waals surface area contributed by atoms with Crippen molar-refractivity contribution in [3.8, 4) is 17.6 Å². The third kappa shape index (κ3) is 4.21. The maximum Gasteiger partial charge on any atom is 0.255 e. The van der Waals surface area contributed by atoms with Crippen LogP contribution in [-0.4, -0.2) is 24.0 Å². The Hall–Kier alpha value is -2.74. The molecule has 2 heterocycles. The van der Waals surface area contributed by atoms with Crippen molar-refractivity contribution in [3.05, 3.63) is 48.7 Å². The van der Waals surface area contributed by atoms with Gasteiger partial charge < -0.3 is 14.5 Å². The fourth-order valence-electron chi connectivity index (χ4n) is 1.29. The van der Waals surface area contributed by atoms with Gasteiger partial charge in [-0.2, -0.15) is 0 Å². The molecular formula is C14H12N2O3. The van der Waals surface area contributed by atoms with Gasteiger partial charge in [0.25, 0.3) is 5.91 Å². The molecule has 2 aromatic rings. The SMILES string of the molecule is O=C(NCC#CCOc1cccnc1)c1ccoc1. The quantitative estimate of drug-likeness (QED) is 0.842. The van der Waals surface area contributed by atoms with E-state index in [0.717, 1.165) is 0 Å². The van der Waals surface area contributed by atoms with Crippen LogP contribution in [0.15, 0.2) is 47.5 Å². The lowest BCUT2D eigenvalue weighted by Gasteiger charge is -1.99. The largest absolute Gasteiger partial charge is 0.479 e. The first kappa shape index (κ1) is 12.7. The second-order valence-corrected chi connectivity index (χ2v) is 3.53. The molecular weight excluding hydrogens is 244 g/mol. The smallest absolute Gasteiger partial charge is 0.255 e. The fraction of sp³-hybridized carbons (Fsp3) is 0.143. The standard InChI is InChI=1S/C14H12N2O3/c17-14(12-5-9-18-11-12)16-7-1-2-8-19-13-4-3-6-15-10-13/h3-6,9-11H,7-8H2,(H,16,17). The van der Waals surface area contributed by atoms with Gasteiger partial charge in [0, 0.05) is 6.20 Å². The predicted octanol–water partition coefficient (Wildman–Crippen LogP) is 1.49. The molecule has 0 aromatic carbocycles.